The van der Waals surface area contributed by atoms with E-state index >= 15 is 0 Å². The Balaban J connectivity index is 1.87. The van der Waals surface area contributed by atoms with E-state index in [9.17, 15) is 13.2 Å². The summed E-state index contributed by atoms with van der Waals surface area (Å²) in [4.78, 5) is 13.1. The fraction of sp³-hybridized carbons (Fsp3) is 0.0909. The molecule has 1 aliphatic carbocycles. The normalized spacial score (nSPS) is 13.0. The summed E-state index contributed by atoms with van der Waals surface area (Å²) in [5.41, 5.74) is 4.26. The average molecular weight is 388 g/mol. The SMILES string of the molecule is Cc1ccc(S(=O)(=O)n2nc3c4c(cccc42)C(=O)c2ccccc2-3)c(C)c1. The first kappa shape index (κ1) is 16.9. The molecule has 0 saturated carbocycles. The summed E-state index contributed by atoms with van der Waals surface area (Å²) in [5.74, 6) is -0.114. The summed E-state index contributed by atoms with van der Waals surface area (Å²) >= 11 is 0. The van der Waals surface area contributed by atoms with Crippen molar-refractivity contribution in [1.29, 1.82) is 0 Å². The van der Waals surface area contributed by atoms with E-state index in [1.165, 1.54) is 0 Å². The van der Waals surface area contributed by atoms with Crippen molar-refractivity contribution in [2.24, 2.45) is 0 Å². The number of aryl methyl sites for hydroxylation is 2. The lowest BCUT2D eigenvalue weighted by Crippen LogP contribution is -2.15. The van der Waals surface area contributed by atoms with Gasteiger partial charge in [0.25, 0.3) is 10.0 Å². The summed E-state index contributed by atoms with van der Waals surface area (Å²) in [5, 5.41) is 5.07. The molecule has 1 aliphatic rings. The molecule has 0 N–H and O–H groups in total. The van der Waals surface area contributed by atoms with E-state index in [0.717, 1.165) is 9.65 Å². The third-order valence-corrected chi connectivity index (χ3v) is 6.93. The molecule has 4 aromatic rings. The third-order valence-electron chi connectivity index (χ3n) is 5.18. The summed E-state index contributed by atoms with van der Waals surface area (Å²) in [6, 6.07) is 17.5. The topological polar surface area (TPSA) is 69.0 Å². The van der Waals surface area contributed by atoms with Crippen LogP contribution in [0.25, 0.3) is 22.2 Å². The van der Waals surface area contributed by atoms with Crippen LogP contribution in [0, 0.1) is 13.8 Å². The molecular formula is C22H16N2O3S. The number of aromatic nitrogens is 2. The van der Waals surface area contributed by atoms with E-state index in [-0.39, 0.29) is 10.7 Å². The molecule has 0 amide bonds. The molecule has 0 aliphatic heterocycles. The van der Waals surface area contributed by atoms with E-state index in [2.05, 4.69) is 5.10 Å². The molecule has 0 atom stereocenters. The van der Waals surface area contributed by atoms with Gasteiger partial charge in [0.15, 0.2) is 5.78 Å². The van der Waals surface area contributed by atoms with Crippen LogP contribution in [0.4, 0.5) is 0 Å². The maximum absolute atomic E-state index is 13.4. The zero-order chi connectivity index (χ0) is 19.6. The number of rotatable bonds is 2. The second-order valence-electron chi connectivity index (χ2n) is 7.04. The Morgan fingerprint density at radius 1 is 0.857 bits per heavy atom. The van der Waals surface area contributed by atoms with Crippen LogP contribution in [0.3, 0.4) is 0 Å². The smallest absolute Gasteiger partial charge is 0.283 e. The van der Waals surface area contributed by atoms with Gasteiger partial charge in [0.1, 0.15) is 5.69 Å². The van der Waals surface area contributed by atoms with E-state index < -0.39 is 10.0 Å². The predicted octanol–water partition coefficient (Wildman–Crippen LogP) is 4.10. The number of carbonyl (C=O) groups is 1. The Hall–Kier alpha value is -3.25. The summed E-state index contributed by atoms with van der Waals surface area (Å²) in [7, 11) is -3.92. The highest BCUT2D eigenvalue weighted by molar-refractivity contribution is 7.90. The quantitative estimate of drug-likeness (QED) is 0.456. The van der Waals surface area contributed by atoms with Gasteiger partial charge in [0.05, 0.1) is 10.4 Å². The molecule has 5 nitrogen and oxygen atoms in total. The van der Waals surface area contributed by atoms with Gasteiger partial charge in [-0.25, -0.2) is 0 Å². The van der Waals surface area contributed by atoms with Gasteiger partial charge in [0, 0.05) is 22.1 Å². The minimum Gasteiger partial charge on any atom is -0.289 e. The summed E-state index contributed by atoms with van der Waals surface area (Å²) < 4.78 is 28.0. The Morgan fingerprint density at radius 2 is 1.57 bits per heavy atom. The van der Waals surface area contributed by atoms with Crippen LogP contribution in [-0.2, 0) is 10.0 Å². The van der Waals surface area contributed by atoms with Crippen molar-refractivity contribution in [3.8, 4) is 11.3 Å². The fourth-order valence-corrected chi connectivity index (χ4v) is 5.41. The van der Waals surface area contributed by atoms with Crippen molar-refractivity contribution in [2.75, 3.05) is 0 Å². The van der Waals surface area contributed by atoms with Crippen LogP contribution >= 0.6 is 0 Å². The van der Waals surface area contributed by atoms with Crippen molar-refractivity contribution in [3.63, 3.8) is 0 Å². The Bertz CT molecular complexity index is 1420. The van der Waals surface area contributed by atoms with Gasteiger partial charge in [-0.1, -0.05) is 54.1 Å². The molecular weight excluding hydrogens is 372 g/mol. The number of carbonyl (C=O) groups excluding carboxylic acids is 1. The third kappa shape index (κ3) is 2.15. The largest absolute Gasteiger partial charge is 0.289 e. The highest BCUT2D eigenvalue weighted by atomic mass is 32.2. The number of fused-ring (bicyclic) bond motifs is 2. The Kier molecular flexibility index (Phi) is 3.39. The van der Waals surface area contributed by atoms with Crippen LogP contribution in [0.1, 0.15) is 27.0 Å². The van der Waals surface area contributed by atoms with Crippen LogP contribution < -0.4 is 0 Å². The number of hydrogen-bond acceptors (Lipinski definition) is 4. The highest BCUT2D eigenvalue weighted by Gasteiger charge is 2.32. The molecule has 0 radical (unpaired) electrons. The minimum atomic E-state index is -3.92. The zero-order valence-electron chi connectivity index (χ0n) is 15.3. The van der Waals surface area contributed by atoms with Gasteiger partial charge in [-0.05, 0) is 31.5 Å². The van der Waals surface area contributed by atoms with Gasteiger partial charge in [-0.3, -0.25) is 4.79 Å². The second kappa shape index (κ2) is 5.62. The molecule has 0 spiro atoms. The van der Waals surface area contributed by atoms with Crippen molar-refractivity contribution in [2.45, 2.75) is 18.7 Å². The molecule has 1 heterocycles. The van der Waals surface area contributed by atoms with E-state index in [0.29, 0.717) is 38.9 Å². The van der Waals surface area contributed by atoms with Crippen LogP contribution in [-0.4, -0.2) is 23.4 Å². The maximum atomic E-state index is 13.4. The molecule has 0 unspecified atom stereocenters. The van der Waals surface area contributed by atoms with Gasteiger partial charge < -0.3 is 0 Å². The zero-order valence-corrected chi connectivity index (χ0v) is 16.1. The molecule has 1 aromatic heterocycles. The van der Waals surface area contributed by atoms with Gasteiger partial charge in [0.2, 0.25) is 0 Å². The van der Waals surface area contributed by atoms with E-state index in [1.807, 2.05) is 19.1 Å². The molecule has 5 rings (SSSR count). The lowest BCUT2D eigenvalue weighted by atomic mass is 9.87. The van der Waals surface area contributed by atoms with Crippen molar-refractivity contribution < 1.29 is 13.2 Å². The predicted molar refractivity (Wildman–Crippen MR) is 107 cm³/mol. The molecule has 0 saturated heterocycles. The van der Waals surface area contributed by atoms with Crippen LogP contribution in [0.5, 0.6) is 0 Å². The van der Waals surface area contributed by atoms with Crippen molar-refractivity contribution >= 4 is 26.7 Å². The minimum absolute atomic E-state index is 0.114. The van der Waals surface area contributed by atoms with Crippen LogP contribution in [0.15, 0.2) is 65.6 Å². The molecule has 0 fully saturated rings. The first-order valence-corrected chi connectivity index (χ1v) is 10.3. The highest BCUT2D eigenvalue weighted by Crippen LogP contribution is 2.39. The van der Waals surface area contributed by atoms with Gasteiger partial charge >= 0.3 is 0 Å². The standard InChI is InChI=1S/C22H16N2O3S/c1-13-10-11-19(14(2)12-13)28(26,27)24-18-9-5-8-17-20(18)21(23-24)15-6-3-4-7-16(15)22(17)25/h3-12H,1-2H3. The number of ketones is 1. The van der Waals surface area contributed by atoms with Crippen molar-refractivity contribution in [1.82, 2.24) is 9.19 Å². The van der Waals surface area contributed by atoms with Crippen molar-refractivity contribution in [3.05, 3.63) is 82.9 Å². The number of benzene rings is 3. The van der Waals surface area contributed by atoms with E-state index in [1.54, 1.807) is 55.5 Å². The summed E-state index contributed by atoms with van der Waals surface area (Å²) in [6.45, 7) is 3.69. The molecule has 28 heavy (non-hydrogen) atoms. The fourth-order valence-electron chi connectivity index (χ4n) is 3.92. The average Bonchev–Trinajstić information content (AvgIpc) is 3.07. The van der Waals surface area contributed by atoms with Gasteiger partial charge in [-0.15, -0.1) is 0 Å². The summed E-state index contributed by atoms with van der Waals surface area (Å²) in [6.07, 6.45) is 0. The first-order valence-electron chi connectivity index (χ1n) is 8.88. The maximum Gasteiger partial charge on any atom is 0.283 e. The van der Waals surface area contributed by atoms with Crippen LogP contribution in [0.2, 0.25) is 0 Å². The number of nitrogens with zero attached hydrogens (tertiary/aromatic N) is 2. The molecule has 138 valence electrons. The first-order chi connectivity index (χ1) is 13.4. The van der Waals surface area contributed by atoms with Gasteiger partial charge in [-0.2, -0.15) is 17.6 Å². The number of hydrogen-bond donors (Lipinski definition) is 0. The lowest BCUT2D eigenvalue weighted by molar-refractivity contribution is 0.104. The molecule has 3 aromatic carbocycles. The Labute approximate surface area is 162 Å². The monoisotopic (exact) mass is 388 g/mol. The lowest BCUT2D eigenvalue weighted by Gasteiger charge is -2.13. The Morgan fingerprint density at radius 3 is 2.32 bits per heavy atom. The van der Waals surface area contributed by atoms with E-state index in [4.69, 9.17) is 0 Å². The molecule has 0 bridgehead atoms. The molecule has 6 heteroatoms. The second-order valence-corrected chi connectivity index (χ2v) is 8.78.